The van der Waals surface area contributed by atoms with Gasteiger partial charge in [-0.15, -0.1) is 0 Å². The topological polar surface area (TPSA) is 50.8 Å². The van der Waals surface area contributed by atoms with Crippen molar-refractivity contribution >= 4 is 28.7 Å². The number of likely N-dealkylation sites (tertiary alicyclic amines) is 1. The molecule has 1 aromatic rings. The number of benzene rings is 1. The van der Waals surface area contributed by atoms with Crippen molar-refractivity contribution in [3.63, 3.8) is 0 Å². The molecule has 1 atom stereocenters. The fourth-order valence-corrected chi connectivity index (χ4v) is 3.40. The molecule has 0 saturated carbocycles. The Labute approximate surface area is 164 Å². The summed E-state index contributed by atoms with van der Waals surface area (Å²) in [6.45, 7) is 9.30. The zero-order valence-electron chi connectivity index (χ0n) is 15.4. The van der Waals surface area contributed by atoms with Crippen LogP contribution in [0.2, 0.25) is 0 Å². The van der Waals surface area contributed by atoms with Crippen LogP contribution < -0.4 is 10.1 Å². The van der Waals surface area contributed by atoms with E-state index in [1.165, 1.54) is 3.57 Å². The van der Waals surface area contributed by atoms with E-state index in [1.54, 1.807) is 0 Å². The molecule has 0 unspecified atom stereocenters. The van der Waals surface area contributed by atoms with Crippen LogP contribution in [0.4, 0.5) is 4.79 Å². The van der Waals surface area contributed by atoms with Gasteiger partial charge in [-0.25, -0.2) is 4.79 Å². The molecule has 5 nitrogen and oxygen atoms in total. The molecule has 2 rings (SSSR count). The zero-order chi connectivity index (χ0) is 18.3. The average Bonchev–Trinajstić information content (AvgIpc) is 2.50. The molecule has 0 aliphatic carbocycles. The molecule has 1 N–H and O–H groups in total. The molecule has 1 amide bonds. The van der Waals surface area contributed by atoms with Crippen LogP contribution in [-0.4, -0.2) is 48.9 Å². The summed E-state index contributed by atoms with van der Waals surface area (Å²) in [7, 11) is 0. The van der Waals surface area contributed by atoms with Crippen LogP contribution in [0, 0.1) is 3.57 Å². The monoisotopic (exact) mass is 460 g/mol. The van der Waals surface area contributed by atoms with Crippen molar-refractivity contribution in [2.75, 3.05) is 26.2 Å². The van der Waals surface area contributed by atoms with E-state index in [0.29, 0.717) is 6.61 Å². The zero-order valence-corrected chi connectivity index (χ0v) is 17.5. The normalized spacial score (nSPS) is 18.6. The SMILES string of the molecule is CC(C)(C)OC(=O)N[C@H]1CCCN(CCCOc2cccc(I)c2)C1. The first-order valence-corrected chi connectivity index (χ1v) is 10.00. The first-order valence-electron chi connectivity index (χ1n) is 8.92. The van der Waals surface area contributed by atoms with Crippen LogP contribution in [-0.2, 0) is 4.74 Å². The van der Waals surface area contributed by atoms with Gasteiger partial charge in [0.15, 0.2) is 0 Å². The molecule has 1 aliphatic rings. The van der Waals surface area contributed by atoms with Crippen LogP contribution >= 0.6 is 22.6 Å². The van der Waals surface area contributed by atoms with Crippen molar-refractivity contribution < 1.29 is 14.3 Å². The lowest BCUT2D eigenvalue weighted by atomic mass is 10.1. The molecule has 140 valence electrons. The van der Waals surface area contributed by atoms with E-state index in [1.807, 2.05) is 39.0 Å². The van der Waals surface area contributed by atoms with Crippen molar-refractivity contribution in [1.82, 2.24) is 10.2 Å². The predicted molar refractivity (Wildman–Crippen MR) is 108 cm³/mol. The highest BCUT2D eigenvalue weighted by atomic mass is 127. The Morgan fingerprint density at radius 1 is 1.40 bits per heavy atom. The maximum absolute atomic E-state index is 11.9. The quantitative estimate of drug-likeness (QED) is 0.514. The van der Waals surface area contributed by atoms with Crippen molar-refractivity contribution in [2.24, 2.45) is 0 Å². The van der Waals surface area contributed by atoms with E-state index in [2.05, 4.69) is 38.9 Å². The lowest BCUT2D eigenvalue weighted by Gasteiger charge is -2.33. The van der Waals surface area contributed by atoms with E-state index in [9.17, 15) is 4.79 Å². The Balaban J connectivity index is 1.66. The Bertz CT molecular complexity index is 560. The molecular formula is C19H29IN2O3. The molecule has 1 saturated heterocycles. The smallest absolute Gasteiger partial charge is 0.407 e. The molecule has 1 aromatic carbocycles. The van der Waals surface area contributed by atoms with Crippen LogP contribution in [0.25, 0.3) is 0 Å². The molecule has 0 radical (unpaired) electrons. The Morgan fingerprint density at radius 2 is 2.20 bits per heavy atom. The number of alkyl carbamates (subject to hydrolysis) is 1. The third-order valence-corrected chi connectivity index (χ3v) is 4.58. The highest BCUT2D eigenvalue weighted by Gasteiger charge is 2.23. The van der Waals surface area contributed by atoms with Crippen LogP contribution in [0.3, 0.4) is 0 Å². The second kappa shape index (κ2) is 9.62. The van der Waals surface area contributed by atoms with Crippen molar-refractivity contribution in [2.45, 2.75) is 51.7 Å². The van der Waals surface area contributed by atoms with Gasteiger partial charge in [0, 0.05) is 22.7 Å². The van der Waals surface area contributed by atoms with Gasteiger partial charge in [0.25, 0.3) is 0 Å². The van der Waals surface area contributed by atoms with E-state index in [-0.39, 0.29) is 12.1 Å². The van der Waals surface area contributed by atoms with Crippen LogP contribution in [0.5, 0.6) is 5.75 Å². The number of piperidine rings is 1. The highest BCUT2D eigenvalue weighted by molar-refractivity contribution is 14.1. The summed E-state index contributed by atoms with van der Waals surface area (Å²) in [6.07, 6.45) is 2.76. The first kappa shape index (κ1) is 20.3. The highest BCUT2D eigenvalue weighted by Crippen LogP contribution is 2.16. The minimum Gasteiger partial charge on any atom is -0.494 e. The van der Waals surface area contributed by atoms with Crippen LogP contribution in [0.1, 0.15) is 40.0 Å². The maximum Gasteiger partial charge on any atom is 0.407 e. The second-order valence-electron chi connectivity index (χ2n) is 7.45. The third-order valence-electron chi connectivity index (χ3n) is 3.91. The van der Waals surface area contributed by atoms with Gasteiger partial charge in [-0.1, -0.05) is 6.07 Å². The molecule has 1 aliphatic heterocycles. The lowest BCUT2D eigenvalue weighted by Crippen LogP contribution is -2.49. The molecule has 1 fully saturated rings. The summed E-state index contributed by atoms with van der Waals surface area (Å²) in [5.74, 6) is 0.926. The van der Waals surface area contributed by atoms with Gasteiger partial charge < -0.3 is 19.7 Å². The van der Waals surface area contributed by atoms with Crippen molar-refractivity contribution in [1.29, 1.82) is 0 Å². The second-order valence-corrected chi connectivity index (χ2v) is 8.69. The molecule has 0 bridgehead atoms. The number of carbonyl (C=O) groups is 1. The average molecular weight is 460 g/mol. The molecule has 0 aromatic heterocycles. The molecule has 25 heavy (non-hydrogen) atoms. The minimum absolute atomic E-state index is 0.167. The summed E-state index contributed by atoms with van der Waals surface area (Å²) in [5, 5.41) is 2.99. The number of carbonyl (C=O) groups excluding carboxylic acids is 1. The van der Waals surface area contributed by atoms with Gasteiger partial charge in [0.05, 0.1) is 6.61 Å². The Kier molecular flexibility index (Phi) is 7.81. The summed E-state index contributed by atoms with van der Waals surface area (Å²) in [6, 6.07) is 8.26. The predicted octanol–water partition coefficient (Wildman–Crippen LogP) is 4.05. The van der Waals surface area contributed by atoms with Gasteiger partial charge >= 0.3 is 6.09 Å². The van der Waals surface area contributed by atoms with Gasteiger partial charge in [0.2, 0.25) is 0 Å². The summed E-state index contributed by atoms with van der Waals surface area (Å²) in [4.78, 5) is 14.3. The number of hydrogen-bond acceptors (Lipinski definition) is 4. The van der Waals surface area contributed by atoms with Gasteiger partial charge in [0.1, 0.15) is 11.4 Å². The first-order chi connectivity index (χ1) is 11.8. The Morgan fingerprint density at radius 3 is 2.92 bits per heavy atom. The lowest BCUT2D eigenvalue weighted by molar-refractivity contribution is 0.0471. The number of nitrogens with zero attached hydrogens (tertiary/aromatic N) is 1. The fraction of sp³-hybridized carbons (Fsp3) is 0.632. The number of nitrogens with one attached hydrogen (secondary N) is 1. The van der Waals surface area contributed by atoms with E-state index in [4.69, 9.17) is 9.47 Å². The minimum atomic E-state index is -0.453. The molecule has 0 spiro atoms. The largest absolute Gasteiger partial charge is 0.494 e. The van der Waals surface area contributed by atoms with Gasteiger partial charge in [-0.05, 0) is 87.4 Å². The standard InChI is InChI=1S/C19H29IN2O3/c1-19(2,3)25-18(23)21-16-8-5-10-22(14-16)11-6-12-24-17-9-4-7-15(20)13-17/h4,7,9,13,16H,5-6,8,10-12,14H2,1-3H3,(H,21,23)/t16-/m0/s1. The summed E-state index contributed by atoms with van der Waals surface area (Å²) in [5.41, 5.74) is -0.453. The summed E-state index contributed by atoms with van der Waals surface area (Å²) < 4.78 is 12.3. The number of amides is 1. The van der Waals surface area contributed by atoms with Gasteiger partial charge in [-0.2, -0.15) is 0 Å². The van der Waals surface area contributed by atoms with Crippen LogP contribution in [0.15, 0.2) is 24.3 Å². The number of halogens is 1. The number of rotatable bonds is 6. The van der Waals surface area contributed by atoms with E-state index < -0.39 is 5.60 Å². The number of hydrogen-bond donors (Lipinski definition) is 1. The van der Waals surface area contributed by atoms with Crippen molar-refractivity contribution in [3.05, 3.63) is 27.8 Å². The molecular weight excluding hydrogens is 431 g/mol. The number of ether oxygens (including phenoxy) is 2. The third kappa shape index (κ3) is 8.27. The Hall–Kier alpha value is -1.02. The fourth-order valence-electron chi connectivity index (χ4n) is 2.89. The summed E-state index contributed by atoms with van der Waals surface area (Å²) >= 11 is 2.29. The van der Waals surface area contributed by atoms with E-state index >= 15 is 0 Å². The van der Waals surface area contributed by atoms with Gasteiger partial charge in [-0.3, -0.25) is 0 Å². The molecule has 6 heteroatoms. The molecule has 1 heterocycles. The maximum atomic E-state index is 11.9. The van der Waals surface area contributed by atoms with Crippen molar-refractivity contribution in [3.8, 4) is 5.75 Å². The van der Waals surface area contributed by atoms with E-state index in [0.717, 1.165) is 44.6 Å².